The number of anilines is 1. The second-order valence-corrected chi connectivity index (χ2v) is 7.38. The van der Waals surface area contributed by atoms with Crippen molar-refractivity contribution in [2.75, 3.05) is 31.1 Å². The van der Waals surface area contributed by atoms with Crippen molar-refractivity contribution in [3.8, 4) is 0 Å². The fourth-order valence-electron chi connectivity index (χ4n) is 3.46. The molecule has 1 fully saturated rings. The summed E-state index contributed by atoms with van der Waals surface area (Å²) in [4.78, 5) is 34.0. The van der Waals surface area contributed by atoms with E-state index >= 15 is 0 Å². The molecule has 4 rings (SSSR count). The summed E-state index contributed by atoms with van der Waals surface area (Å²) in [5, 5.41) is 2.96. The monoisotopic (exact) mass is 407 g/mol. The summed E-state index contributed by atoms with van der Waals surface area (Å²) < 4.78 is 5.54. The van der Waals surface area contributed by atoms with Crippen LogP contribution in [-0.2, 0) is 13.0 Å². The van der Waals surface area contributed by atoms with Gasteiger partial charge in [-0.15, -0.1) is 0 Å². The van der Waals surface area contributed by atoms with Crippen molar-refractivity contribution in [2.24, 2.45) is 0 Å². The van der Waals surface area contributed by atoms with Gasteiger partial charge in [0.25, 0.3) is 5.91 Å². The van der Waals surface area contributed by atoms with Gasteiger partial charge in [-0.2, -0.15) is 0 Å². The van der Waals surface area contributed by atoms with Crippen LogP contribution >= 0.6 is 0 Å². The van der Waals surface area contributed by atoms with E-state index < -0.39 is 0 Å². The molecule has 0 aliphatic carbocycles. The number of carbonyl (C=O) groups excluding carboxylic acids is 1. The topological polar surface area (TPSA) is 100 Å². The Morgan fingerprint density at radius 1 is 1.17 bits per heavy atom. The molecule has 0 radical (unpaired) electrons. The van der Waals surface area contributed by atoms with E-state index in [1.165, 1.54) is 6.26 Å². The Labute approximate surface area is 175 Å². The summed E-state index contributed by atoms with van der Waals surface area (Å²) in [7, 11) is 0. The van der Waals surface area contributed by atoms with Gasteiger partial charge in [-0.3, -0.25) is 14.7 Å². The molecular weight excluding hydrogens is 382 g/mol. The van der Waals surface area contributed by atoms with E-state index in [1.807, 2.05) is 25.1 Å². The highest BCUT2D eigenvalue weighted by Crippen LogP contribution is 2.13. The van der Waals surface area contributed by atoms with Crippen LogP contribution in [0.3, 0.4) is 0 Å². The Kier molecular flexibility index (Phi) is 6.29. The lowest BCUT2D eigenvalue weighted by Crippen LogP contribution is -2.46. The largest absolute Gasteiger partial charge is 0.447 e. The van der Waals surface area contributed by atoms with Crippen LogP contribution in [0.4, 0.5) is 5.95 Å². The van der Waals surface area contributed by atoms with Crippen molar-refractivity contribution in [2.45, 2.75) is 25.9 Å². The van der Waals surface area contributed by atoms with Gasteiger partial charge in [-0.1, -0.05) is 6.07 Å². The van der Waals surface area contributed by atoms with Crippen molar-refractivity contribution in [1.82, 2.24) is 30.2 Å². The van der Waals surface area contributed by atoms with Gasteiger partial charge < -0.3 is 14.6 Å². The SMILES string of the molecule is CC(Cc1cccnc1)NC(=O)c1coc(CN2CCN(c3ncccn3)CC2)n1. The summed E-state index contributed by atoms with van der Waals surface area (Å²) in [6, 6.07) is 5.67. The van der Waals surface area contributed by atoms with E-state index in [1.54, 1.807) is 24.8 Å². The van der Waals surface area contributed by atoms with E-state index in [0.29, 0.717) is 24.6 Å². The van der Waals surface area contributed by atoms with Gasteiger partial charge in [-0.25, -0.2) is 15.0 Å². The van der Waals surface area contributed by atoms with Crippen LogP contribution in [0, 0.1) is 0 Å². The Morgan fingerprint density at radius 3 is 2.70 bits per heavy atom. The zero-order valence-corrected chi connectivity index (χ0v) is 16.9. The van der Waals surface area contributed by atoms with Crippen molar-refractivity contribution in [3.05, 3.63) is 66.4 Å². The molecule has 1 aliphatic heterocycles. The first-order valence-electron chi connectivity index (χ1n) is 10.1. The first-order valence-corrected chi connectivity index (χ1v) is 10.1. The van der Waals surface area contributed by atoms with Gasteiger partial charge in [0.05, 0.1) is 6.54 Å². The third-order valence-corrected chi connectivity index (χ3v) is 4.99. The minimum Gasteiger partial charge on any atom is -0.447 e. The van der Waals surface area contributed by atoms with Crippen LogP contribution in [-0.4, -0.2) is 63.0 Å². The Bertz CT molecular complexity index is 940. The molecule has 0 saturated carbocycles. The summed E-state index contributed by atoms with van der Waals surface area (Å²) in [5.74, 6) is 1.07. The number of aromatic nitrogens is 4. The molecule has 1 unspecified atom stereocenters. The molecule has 9 heteroatoms. The van der Waals surface area contributed by atoms with E-state index in [-0.39, 0.29) is 11.9 Å². The standard InChI is InChI=1S/C21H25N7O2/c1-16(12-17-4-2-5-22-13-17)25-20(29)18-15-30-19(26-18)14-27-8-10-28(11-9-27)21-23-6-3-7-24-21/h2-7,13,15-16H,8-12,14H2,1H3,(H,25,29). The van der Waals surface area contributed by atoms with E-state index in [9.17, 15) is 4.79 Å². The Balaban J connectivity index is 1.25. The molecule has 1 amide bonds. The number of amides is 1. The highest BCUT2D eigenvalue weighted by Gasteiger charge is 2.21. The first-order chi connectivity index (χ1) is 14.7. The molecule has 3 aromatic heterocycles. The second-order valence-electron chi connectivity index (χ2n) is 7.38. The Morgan fingerprint density at radius 2 is 1.97 bits per heavy atom. The number of piperazine rings is 1. The molecule has 3 aromatic rings. The number of hydrogen-bond acceptors (Lipinski definition) is 8. The molecule has 1 aliphatic rings. The highest BCUT2D eigenvalue weighted by atomic mass is 16.3. The van der Waals surface area contributed by atoms with E-state index in [4.69, 9.17) is 4.42 Å². The predicted octanol–water partition coefficient (Wildman–Crippen LogP) is 1.54. The van der Waals surface area contributed by atoms with Gasteiger partial charge in [0, 0.05) is 57.0 Å². The summed E-state index contributed by atoms with van der Waals surface area (Å²) in [6.45, 7) is 5.91. The minimum atomic E-state index is -0.229. The lowest BCUT2D eigenvalue weighted by Gasteiger charge is -2.33. The smallest absolute Gasteiger partial charge is 0.273 e. The fraction of sp³-hybridized carbons (Fsp3) is 0.381. The maximum Gasteiger partial charge on any atom is 0.273 e. The van der Waals surface area contributed by atoms with Gasteiger partial charge in [0.1, 0.15) is 6.26 Å². The van der Waals surface area contributed by atoms with Crippen LogP contribution < -0.4 is 10.2 Å². The lowest BCUT2D eigenvalue weighted by molar-refractivity contribution is 0.0935. The van der Waals surface area contributed by atoms with E-state index in [2.05, 4.69) is 35.1 Å². The van der Waals surface area contributed by atoms with Gasteiger partial charge in [-0.05, 0) is 31.0 Å². The first kappa shape index (κ1) is 20.0. The van der Waals surface area contributed by atoms with Crippen molar-refractivity contribution >= 4 is 11.9 Å². The minimum absolute atomic E-state index is 0.0323. The molecule has 0 aromatic carbocycles. The third-order valence-electron chi connectivity index (χ3n) is 4.99. The number of nitrogens with one attached hydrogen (secondary N) is 1. The maximum absolute atomic E-state index is 12.5. The second kappa shape index (κ2) is 9.45. The third kappa shape index (κ3) is 5.18. The maximum atomic E-state index is 12.5. The molecule has 0 bridgehead atoms. The average Bonchev–Trinajstić information content (AvgIpc) is 3.24. The van der Waals surface area contributed by atoms with Crippen LogP contribution in [0.15, 0.2) is 53.7 Å². The van der Waals surface area contributed by atoms with Crippen molar-refractivity contribution in [1.29, 1.82) is 0 Å². The molecule has 9 nitrogen and oxygen atoms in total. The summed E-state index contributed by atoms with van der Waals surface area (Å²) in [6.07, 6.45) is 9.19. The molecule has 156 valence electrons. The molecule has 1 atom stereocenters. The van der Waals surface area contributed by atoms with Gasteiger partial charge >= 0.3 is 0 Å². The number of oxazole rings is 1. The van der Waals surface area contributed by atoms with Crippen LogP contribution in [0.2, 0.25) is 0 Å². The predicted molar refractivity (Wildman–Crippen MR) is 111 cm³/mol. The van der Waals surface area contributed by atoms with Crippen molar-refractivity contribution < 1.29 is 9.21 Å². The quantitative estimate of drug-likeness (QED) is 0.630. The molecule has 30 heavy (non-hydrogen) atoms. The zero-order chi connectivity index (χ0) is 20.8. The lowest BCUT2D eigenvalue weighted by atomic mass is 10.1. The fourth-order valence-corrected chi connectivity index (χ4v) is 3.46. The van der Waals surface area contributed by atoms with E-state index in [0.717, 1.165) is 37.7 Å². The van der Waals surface area contributed by atoms with Gasteiger partial charge in [0.2, 0.25) is 11.8 Å². The molecule has 4 heterocycles. The molecule has 0 spiro atoms. The zero-order valence-electron chi connectivity index (χ0n) is 16.9. The number of rotatable bonds is 7. The average molecular weight is 407 g/mol. The number of pyridine rings is 1. The van der Waals surface area contributed by atoms with Crippen LogP contribution in [0.25, 0.3) is 0 Å². The van der Waals surface area contributed by atoms with Gasteiger partial charge in [0.15, 0.2) is 5.69 Å². The number of hydrogen-bond donors (Lipinski definition) is 1. The molecule has 1 saturated heterocycles. The summed E-state index contributed by atoms with van der Waals surface area (Å²) in [5.41, 5.74) is 1.38. The molecular formula is C21H25N7O2. The molecule has 1 N–H and O–H groups in total. The van der Waals surface area contributed by atoms with Crippen LogP contribution in [0.5, 0.6) is 0 Å². The normalized spacial score (nSPS) is 15.7. The highest BCUT2D eigenvalue weighted by molar-refractivity contribution is 5.92. The number of carbonyl (C=O) groups is 1. The van der Waals surface area contributed by atoms with Crippen molar-refractivity contribution in [3.63, 3.8) is 0 Å². The van der Waals surface area contributed by atoms with Crippen LogP contribution in [0.1, 0.15) is 28.9 Å². The number of nitrogens with zero attached hydrogens (tertiary/aromatic N) is 6. The Hall–Kier alpha value is -3.33. The summed E-state index contributed by atoms with van der Waals surface area (Å²) >= 11 is 0.